The summed E-state index contributed by atoms with van der Waals surface area (Å²) >= 11 is 1.65. The van der Waals surface area contributed by atoms with Crippen LogP contribution < -0.4 is 0 Å². The first-order valence-corrected chi connectivity index (χ1v) is 8.43. The monoisotopic (exact) mass is 266 g/mol. The summed E-state index contributed by atoms with van der Waals surface area (Å²) in [5.74, 6) is 0. The number of aryl methyl sites for hydroxylation is 2. The summed E-state index contributed by atoms with van der Waals surface area (Å²) in [4.78, 5) is 9.21. The molecule has 0 spiro atoms. The Balaban J connectivity index is 2.62. The standard InChI is InChI=1S/C15H26N2S/c1-4-6-8-10-13-12-14(11-9-7-5-2)17-15(16-13)18-3/h12H,4-11H2,1-3H3. The van der Waals surface area contributed by atoms with Crippen LogP contribution in [0, 0.1) is 0 Å². The van der Waals surface area contributed by atoms with Crippen molar-refractivity contribution < 1.29 is 0 Å². The molecule has 0 saturated carbocycles. The van der Waals surface area contributed by atoms with Crippen molar-refractivity contribution in [3.05, 3.63) is 17.5 Å². The van der Waals surface area contributed by atoms with E-state index in [4.69, 9.17) is 0 Å². The summed E-state index contributed by atoms with van der Waals surface area (Å²) in [7, 11) is 0. The second-order valence-electron chi connectivity index (χ2n) is 4.75. The van der Waals surface area contributed by atoms with Gasteiger partial charge in [-0.1, -0.05) is 51.3 Å². The largest absolute Gasteiger partial charge is 0.228 e. The Morgan fingerprint density at radius 2 is 1.39 bits per heavy atom. The van der Waals surface area contributed by atoms with Crippen LogP contribution in [-0.4, -0.2) is 16.2 Å². The highest BCUT2D eigenvalue weighted by molar-refractivity contribution is 7.98. The van der Waals surface area contributed by atoms with Crippen LogP contribution >= 0.6 is 11.8 Å². The number of aromatic nitrogens is 2. The van der Waals surface area contributed by atoms with Crippen molar-refractivity contribution in [3.8, 4) is 0 Å². The number of nitrogens with zero attached hydrogens (tertiary/aromatic N) is 2. The van der Waals surface area contributed by atoms with E-state index in [1.54, 1.807) is 11.8 Å². The first-order valence-electron chi connectivity index (χ1n) is 7.21. The average molecular weight is 266 g/mol. The predicted octanol–water partition coefficient (Wildman–Crippen LogP) is 4.66. The molecule has 0 aliphatic carbocycles. The van der Waals surface area contributed by atoms with Crippen LogP contribution in [-0.2, 0) is 12.8 Å². The normalized spacial score (nSPS) is 10.8. The molecule has 0 amide bonds. The average Bonchev–Trinajstić information content (AvgIpc) is 2.39. The van der Waals surface area contributed by atoms with Crippen molar-refractivity contribution in [1.29, 1.82) is 0 Å². The molecule has 0 aromatic carbocycles. The van der Waals surface area contributed by atoms with Crippen molar-refractivity contribution in [2.45, 2.75) is 70.4 Å². The van der Waals surface area contributed by atoms with Crippen molar-refractivity contribution in [2.75, 3.05) is 6.26 Å². The predicted molar refractivity (Wildman–Crippen MR) is 80.3 cm³/mol. The highest BCUT2D eigenvalue weighted by Gasteiger charge is 2.04. The lowest BCUT2D eigenvalue weighted by atomic mass is 10.1. The third-order valence-corrected chi connectivity index (χ3v) is 3.61. The first-order chi connectivity index (χ1) is 8.80. The molecule has 3 heteroatoms. The van der Waals surface area contributed by atoms with E-state index in [0.717, 1.165) is 18.0 Å². The van der Waals surface area contributed by atoms with Gasteiger partial charge in [0.05, 0.1) is 0 Å². The van der Waals surface area contributed by atoms with Crippen molar-refractivity contribution in [1.82, 2.24) is 9.97 Å². The number of hydrogen-bond donors (Lipinski definition) is 0. The molecule has 1 aromatic rings. The number of hydrogen-bond acceptors (Lipinski definition) is 3. The van der Waals surface area contributed by atoms with Crippen LogP contribution in [0.1, 0.15) is 63.8 Å². The Labute approximate surface area is 116 Å². The zero-order chi connectivity index (χ0) is 13.2. The maximum absolute atomic E-state index is 4.60. The van der Waals surface area contributed by atoms with Gasteiger partial charge in [-0.15, -0.1) is 0 Å². The van der Waals surface area contributed by atoms with E-state index in [0.29, 0.717) is 0 Å². The Morgan fingerprint density at radius 3 is 1.78 bits per heavy atom. The van der Waals surface area contributed by atoms with Gasteiger partial charge in [0.15, 0.2) is 5.16 Å². The molecule has 0 aliphatic heterocycles. The minimum absolute atomic E-state index is 0.940. The van der Waals surface area contributed by atoms with E-state index in [2.05, 4.69) is 36.1 Å². The molecule has 18 heavy (non-hydrogen) atoms. The molecular formula is C15H26N2S. The molecule has 1 heterocycles. The highest BCUT2D eigenvalue weighted by atomic mass is 32.2. The Kier molecular flexibility index (Phi) is 8.06. The molecule has 2 nitrogen and oxygen atoms in total. The van der Waals surface area contributed by atoms with E-state index in [9.17, 15) is 0 Å². The molecule has 0 saturated heterocycles. The summed E-state index contributed by atoms with van der Waals surface area (Å²) in [6.45, 7) is 4.48. The Bertz CT molecular complexity index is 311. The SMILES string of the molecule is CCCCCc1cc(CCCCC)nc(SC)n1. The van der Waals surface area contributed by atoms with Gasteiger partial charge in [-0.25, -0.2) is 9.97 Å². The van der Waals surface area contributed by atoms with Gasteiger partial charge in [0.1, 0.15) is 0 Å². The number of rotatable bonds is 9. The van der Waals surface area contributed by atoms with Crippen LogP contribution in [0.5, 0.6) is 0 Å². The van der Waals surface area contributed by atoms with Crippen LogP contribution in [0.2, 0.25) is 0 Å². The van der Waals surface area contributed by atoms with E-state index in [1.165, 1.54) is 49.9 Å². The zero-order valence-corrected chi connectivity index (χ0v) is 12.9. The molecule has 1 rings (SSSR count). The lowest BCUT2D eigenvalue weighted by Gasteiger charge is -2.06. The molecule has 0 fully saturated rings. The van der Waals surface area contributed by atoms with Crippen LogP contribution in [0.15, 0.2) is 11.2 Å². The van der Waals surface area contributed by atoms with E-state index < -0.39 is 0 Å². The molecule has 0 unspecified atom stereocenters. The molecular weight excluding hydrogens is 240 g/mol. The van der Waals surface area contributed by atoms with Gasteiger partial charge in [-0.05, 0) is 38.0 Å². The molecule has 102 valence electrons. The van der Waals surface area contributed by atoms with Gasteiger partial charge in [0.2, 0.25) is 0 Å². The lowest BCUT2D eigenvalue weighted by Crippen LogP contribution is -2.00. The maximum Gasteiger partial charge on any atom is 0.187 e. The quantitative estimate of drug-likeness (QED) is 0.369. The number of thioether (sulfide) groups is 1. The summed E-state index contributed by atoms with van der Waals surface area (Å²) in [5, 5.41) is 0.940. The smallest absolute Gasteiger partial charge is 0.187 e. The molecule has 0 N–H and O–H groups in total. The number of unbranched alkanes of at least 4 members (excludes halogenated alkanes) is 4. The molecule has 0 bridgehead atoms. The second-order valence-corrected chi connectivity index (χ2v) is 5.52. The van der Waals surface area contributed by atoms with Crippen LogP contribution in [0.4, 0.5) is 0 Å². The molecule has 0 aliphatic rings. The summed E-state index contributed by atoms with van der Waals surface area (Å²) < 4.78 is 0. The summed E-state index contributed by atoms with van der Waals surface area (Å²) in [6, 6.07) is 2.21. The minimum atomic E-state index is 0.940. The Morgan fingerprint density at radius 1 is 0.889 bits per heavy atom. The van der Waals surface area contributed by atoms with Gasteiger partial charge in [0.25, 0.3) is 0 Å². The Hall–Kier alpha value is -0.570. The first kappa shape index (κ1) is 15.5. The third kappa shape index (κ3) is 5.85. The summed E-state index contributed by atoms with van der Waals surface area (Å²) in [6.07, 6.45) is 11.9. The molecule has 0 atom stereocenters. The lowest BCUT2D eigenvalue weighted by molar-refractivity contribution is 0.677. The van der Waals surface area contributed by atoms with Crippen LogP contribution in [0.3, 0.4) is 0 Å². The van der Waals surface area contributed by atoms with Gasteiger partial charge in [0, 0.05) is 11.4 Å². The minimum Gasteiger partial charge on any atom is -0.228 e. The van der Waals surface area contributed by atoms with E-state index in [1.807, 2.05) is 0 Å². The van der Waals surface area contributed by atoms with Gasteiger partial charge >= 0.3 is 0 Å². The maximum atomic E-state index is 4.60. The fraction of sp³-hybridized carbons (Fsp3) is 0.733. The molecule has 0 radical (unpaired) electrons. The van der Waals surface area contributed by atoms with Crippen molar-refractivity contribution in [2.24, 2.45) is 0 Å². The van der Waals surface area contributed by atoms with Crippen molar-refractivity contribution >= 4 is 11.8 Å². The highest BCUT2D eigenvalue weighted by Crippen LogP contribution is 2.15. The topological polar surface area (TPSA) is 25.8 Å². The van der Waals surface area contributed by atoms with Crippen LogP contribution in [0.25, 0.3) is 0 Å². The second kappa shape index (κ2) is 9.37. The fourth-order valence-corrected chi connectivity index (χ4v) is 2.40. The zero-order valence-electron chi connectivity index (χ0n) is 12.0. The van der Waals surface area contributed by atoms with Crippen molar-refractivity contribution in [3.63, 3.8) is 0 Å². The summed E-state index contributed by atoms with van der Waals surface area (Å²) in [5.41, 5.74) is 2.46. The van der Waals surface area contributed by atoms with Gasteiger partial charge in [-0.3, -0.25) is 0 Å². The van der Waals surface area contributed by atoms with Gasteiger partial charge in [-0.2, -0.15) is 0 Å². The molecule has 1 aromatic heterocycles. The van der Waals surface area contributed by atoms with Gasteiger partial charge < -0.3 is 0 Å². The fourth-order valence-electron chi connectivity index (χ4n) is 1.99. The third-order valence-electron chi connectivity index (χ3n) is 3.07. The van der Waals surface area contributed by atoms with E-state index >= 15 is 0 Å². The van der Waals surface area contributed by atoms with E-state index in [-0.39, 0.29) is 0 Å².